The van der Waals surface area contributed by atoms with Crippen LogP contribution >= 0.6 is 34.4 Å². The molecular weight excluding hydrogens is 549 g/mol. The van der Waals surface area contributed by atoms with Crippen molar-refractivity contribution in [2.45, 2.75) is 42.9 Å². The number of thioether (sulfide) groups is 1. The molecule has 0 saturated heterocycles. The maximum Gasteiger partial charge on any atom is 0.107 e. The topological polar surface area (TPSA) is 39.4 Å². The van der Waals surface area contributed by atoms with Gasteiger partial charge in [-0.15, -0.1) is 0 Å². The molecule has 1 unspecified atom stereocenters. The zero-order chi connectivity index (χ0) is 23.5. The molecule has 1 atom stereocenters. The summed E-state index contributed by atoms with van der Waals surface area (Å²) in [7, 11) is 1.74. The van der Waals surface area contributed by atoms with Crippen LogP contribution in [0.25, 0.3) is 5.57 Å². The second-order valence-corrected chi connectivity index (χ2v) is 10.8. The lowest BCUT2D eigenvalue weighted by Gasteiger charge is -2.39. The molecule has 2 aliphatic carbocycles. The summed E-state index contributed by atoms with van der Waals surface area (Å²) in [5, 5.41) is 9.36. The molecule has 2 aromatic rings. The molecule has 34 heavy (non-hydrogen) atoms. The van der Waals surface area contributed by atoms with Crippen molar-refractivity contribution in [3.05, 3.63) is 97.8 Å². The molecule has 0 aromatic heterocycles. The summed E-state index contributed by atoms with van der Waals surface area (Å²) < 4.78 is 0.656. The van der Waals surface area contributed by atoms with Gasteiger partial charge in [-0.3, -0.25) is 4.99 Å². The average Bonchev–Trinajstić information content (AvgIpc) is 2.90. The quantitative estimate of drug-likeness (QED) is 0.209. The fraction of sp³-hybridized carbons (Fsp3) is 0.241. The Morgan fingerprint density at radius 1 is 1.18 bits per heavy atom. The number of allylic oxidation sites excluding steroid dienone is 7. The Hall–Kier alpha value is -2.56. The average molecular weight is 576 g/mol. The van der Waals surface area contributed by atoms with E-state index in [0.717, 1.165) is 36.8 Å². The van der Waals surface area contributed by atoms with Gasteiger partial charge >= 0.3 is 0 Å². The van der Waals surface area contributed by atoms with Crippen molar-refractivity contribution in [2.75, 3.05) is 11.9 Å². The number of anilines is 1. The van der Waals surface area contributed by atoms with Crippen molar-refractivity contribution in [3.8, 4) is 6.07 Å². The molecule has 0 N–H and O–H groups in total. The van der Waals surface area contributed by atoms with E-state index in [1.165, 1.54) is 38.9 Å². The summed E-state index contributed by atoms with van der Waals surface area (Å²) in [6.45, 7) is 0. The van der Waals surface area contributed by atoms with E-state index >= 15 is 0 Å². The molecule has 170 valence electrons. The summed E-state index contributed by atoms with van der Waals surface area (Å²) in [6.07, 6.45) is 14.5. The molecule has 5 heteroatoms. The van der Waals surface area contributed by atoms with Gasteiger partial charge in [0.15, 0.2) is 0 Å². The first-order valence-corrected chi connectivity index (χ1v) is 13.6. The standard InChI is InChI=1S/C29H26IN3S/c1-32-19-24(25(30)18-31)21-15-13-20(14-16-21)22-7-6-8-23(17-22)33-26-9-2-4-11-28(26)34-29-12-5-3-10-27(29)33/h2,4-5,9,11-17,19,22H,3,6-8,10H2,1H3/b25-24+,32-19-. The van der Waals surface area contributed by atoms with Crippen LogP contribution in [0.3, 0.4) is 0 Å². The zero-order valence-corrected chi connectivity index (χ0v) is 22.1. The van der Waals surface area contributed by atoms with Gasteiger partial charge in [0.05, 0.1) is 9.27 Å². The number of hydrogen-bond acceptors (Lipinski definition) is 4. The Bertz CT molecular complexity index is 1290. The molecule has 0 radical (unpaired) electrons. The van der Waals surface area contributed by atoms with Crippen molar-refractivity contribution in [3.63, 3.8) is 0 Å². The Morgan fingerprint density at radius 3 is 2.79 bits per heavy atom. The van der Waals surface area contributed by atoms with Gasteiger partial charge in [-0.05, 0) is 78.0 Å². The third-order valence-electron chi connectivity index (χ3n) is 6.57. The Balaban J connectivity index is 1.49. The lowest BCUT2D eigenvalue weighted by Crippen LogP contribution is -2.28. The molecule has 1 heterocycles. The molecule has 0 bridgehead atoms. The first-order valence-electron chi connectivity index (χ1n) is 11.7. The maximum atomic E-state index is 9.36. The molecule has 0 spiro atoms. The fourth-order valence-corrected chi connectivity index (χ4v) is 6.55. The first-order chi connectivity index (χ1) is 16.7. The number of para-hydroxylation sites is 1. The van der Waals surface area contributed by atoms with Crippen LogP contribution in [-0.2, 0) is 0 Å². The van der Waals surface area contributed by atoms with Gasteiger partial charge in [0.1, 0.15) is 6.07 Å². The van der Waals surface area contributed by atoms with Crippen molar-refractivity contribution in [1.82, 2.24) is 0 Å². The smallest absolute Gasteiger partial charge is 0.107 e. The van der Waals surface area contributed by atoms with Gasteiger partial charge in [0, 0.05) is 45.9 Å². The van der Waals surface area contributed by atoms with Crippen LogP contribution in [0, 0.1) is 11.3 Å². The van der Waals surface area contributed by atoms with Crippen molar-refractivity contribution < 1.29 is 0 Å². The van der Waals surface area contributed by atoms with Gasteiger partial charge in [-0.1, -0.05) is 66.4 Å². The Kier molecular flexibility index (Phi) is 7.07. The highest BCUT2D eigenvalue weighted by molar-refractivity contribution is 14.1. The molecule has 3 aliphatic rings. The number of nitrogens with zero attached hydrogens (tertiary/aromatic N) is 3. The largest absolute Gasteiger partial charge is 0.316 e. The minimum atomic E-state index is 0.394. The van der Waals surface area contributed by atoms with Gasteiger partial charge in [-0.25, -0.2) is 0 Å². The number of halogens is 1. The number of rotatable bonds is 4. The number of benzene rings is 2. The third kappa shape index (κ3) is 4.54. The summed E-state index contributed by atoms with van der Waals surface area (Å²) in [5.74, 6) is 0.394. The molecule has 0 fully saturated rings. The second kappa shape index (κ2) is 10.4. The Morgan fingerprint density at radius 2 is 2.00 bits per heavy atom. The molecule has 1 aliphatic heterocycles. The first kappa shape index (κ1) is 23.2. The summed E-state index contributed by atoms with van der Waals surface area (Å²) >= 11 is 3.99. The number of hydrogen-bond donors (Lipinski definition) is 0. The molecule has 5 rings (SSSR count). The third-order valence-corrected chi connectivity index (χ3v) is 8.55. The minimum Gasteiger partial charge on any atom is -0.316 e. The number of fused-ring (bicyclic) bond motifs is 1. The monoisotopic (exact) mass is 575 g/mol. The normalized spacial score (nSPS) is 20.4. The van der Waals surface area contributed by atoms with Crippen molar-refractivity contribution in [1.29, 1.82) is 5.26 Å². The number of aliphatic imine (C=N–C) groups is 1. The van der Waals surface area contributed by atoms with Crippen LogP contribution in [0.1, 0.15) is 49.1 Å². The molecule has 3 nitrogen and oxygen atoms in total. The summed E-state index contributed by atoms with van der Waals surface area (Å²) in [5.41, 5.74) is 7.44. The molecule has 0 saturated carbocycles. The van der Waals surface area contributed by atoms with Crippen LogP contribution in [0.4, 0.5) is 5.69 Å². The maximum absolute atomic E-state index is 9.36. The lowest BCUT2D eigenvalue weighted by molar-refractivity contribution is 0.619. The fourth-order valence-electron chi connectivity index (χ4n) is 4.97. The van der Waals surface area contributed by atoms with E-state index in [4.69, 9.17) is 0 Å². The zero-order valence-electron chi connectivity index (χ0n) is 19.2. The highest BCUT2D eigenvalue weighted by Gasteiger charge is 2.30. The summed E-state index contributed by atoms with van der Waals surface area (Å²) in [6, 6.07) is 19.8. The minimum absolute atomic E-state index is 0.394. The number of nitriles is 1. The van der Waals surface area contributed by atoms with E-state index in [-0.39, 0.29) is 0 Å². The van der Waals surface area contributed by atoms with E-state index in [1.807, 2.05) is 11.8 Å². The van der Waals surface area contributed by atoms with Gasteiger partial charge in [-0.2, -0.15) is 5.26 Å². The van der Waals surface area contributed by atoms with Crippen LogP contribution in [0.15, 0.2) is 96.5 Å². The van der Waals surface area contributed by atoms with Gasteiger partial charge in [0.2, 0.25) is 0 Å². The SMILES string of the molecule is C/N=C\C(=C(/I)C#N)c1ccc(C2C=C(N3C4=C(C=CCC4)Sc4ccccc43)CCC2)cc1. The molecule has 0 amide bonds. The highest BCUT2D eigenvalue weighted by atomic mass is 127. The molecular formula is C29H26IN3S. The summed E-state index contributed by atoms with van der Waals surface area (Å²) in [4.78, 5) is 9.42. The molecule has 2 aromatic carbocycles. The van der Waals surface area contributed by atoms with E-state index < -0.39 is 0 Å². The van der Waals surface area contributed by atoms with Gasteiger partial charge < -0.3 is 4.90 Å². The van der Waals surface area contributed by atoms with Crippen molar-refractivity contribution >= 4 is 51.8 Å². The van der Waals surface area contributed by atoms with Crippen molar-refractivity contribution in [2.24, 2.45) is 4.99 Å². The van der Waals surface area contributed by atoms with Crippen LogP contribution < -0.4 is 4.90 Å². The van der Waals surface area contributed by atoms with E-state index in [2.05, 4.69) is 105 Å². The lowest BCUT2D eigenvalue weighted by atomic mass is 9.86. The van der Waals surface area contributed by atoms with E-state index in [9.17, 15) is 5.26 Å². The van der Waals surface area contributed by atoms with E-state index in [1.54, 1.807) is 13.3 Å². The predicted molar refractivity (Wildman–Crippen MR) is 152 cm³/mol. The highest BCUT2D eigenvalue weighted by Crippen LogP contribution is 2.49. The van der Waals surface area contributed by atoms with Crippen LogP contribution in [0.5, 0.6) is 0 Å². The van der Waals surface area contributed by atoms with E-state index in [0.29, 0.717) is 9.50 Å². The van der Waals surface area contributed by atoms with Crippen LogP contribution in [-0.4, -0.2) is 13.3 Å². The van der Waals surface area contributed by atoms with Gasteiger partial charge in [0.25, 0.3) is 0 Å². The van der Waals surface area contributed by atoms with Crippen LogP contribution in [0.2, 0.25) is 0 Å². The Labute approximate surface area is 219 Å². The second-order valence-electron chi connectivity index (χ2n) is 8.66. The predicted octanol–water partition coefficient (Wildman–Crippen LogP) is 8.38.